The largest absolute Gasteiger partial charge is 0.466 e. The minimum Gasteiger partial charge on any atom is -0.466 e. The first kappa shape index (κ1) is 15.3. The van der Waals surface area contributed by atoms with Crippen LogP contribution in [-0.4, -0.2) is 49.2 Å². The molecular formula is C15H25NO4. The fourth-order valence-corrected chi connectivity index (χ4v) is 3.07. The van der Waals surface area contributed by atoms with E-state index < -0.39 is 0 Å². The van der Waals surface area contributed by atoms with Crippen molar-refractivity contribution >= 4 is 11.9 Å². The van der Waals surface area contributed by atoms with Crippen molar-refractivity contribution < 1.29 is 19.1 Å². The molecule has 114 valence electrons. The van der Waals surface area contributed by atoms with E-state index in [1.165, 1.54) is 0 Å². The lowest BCUT2D eigenvalue weighted by molar-refractivity contribution is -0.153. The number of amides is 1. The highest BCUT2D eigenvalue weighted by atomic mass is 16.5. The lowest BCUT2D eigenvalue weighted by atomic mass is 9.77. The SMILES string of the molecule is CCOC(=O)C1CCCN(C(=O)CC2(OC)CCC2)C1. The Labute approximate surface area is 120 Å². The van der Waals surface area contributed by atoms with Crippen LogP contribution >= 0.6 is 0 Å². The number of carbonyl (C=O) groups excluding carboxylic acids is 2. The number of nitrogens with zero attached hydrogens (tertiary/aromatic N) is 1. The van der Waals surface area contributed by atoms with Gasteiger partial charge < -0.3 is 14.4 Å². The van der Waals surface area contributed by atoms with Gasteiger partial charge in [-0.15, -0.1) is 0 Å². The predicted molar refractivity (Wildman–Crippen MR) is 74.1 cm³/mol. The van der Waals surface area contributed by atoms with Gasteiger partial charge in [0.25, 0.3) is 0 Å². The molecule has 0 spiro atoms. The molecule has 1 unspecified atom stereocenters. The third kappa shape index (κ3) is 3.32. The third-order valence-electron chi connectivity index (χ3n) is 4.57. The fraction of sp³-hybridized carbons (Fsp3) is 0.867. The monoisotopic (exact) mass is 283 g/mol. The number of hydrogen-bond donors (Lipinski definition) is 0. The molecule has 1 saturated heterocycles. The van der Waals surface area contributed by atoms with Crippen molar-refractivity contribution in [2.24, 2.45) is 5.92 Å². The molecule has 0 radical (unpaired) electrons. The van der Waals surface area contributed by atoms with Gasteiger partial charge in [-0.1, -0.05) is 0 Å². The lowest BCUT2D eigenvalue weighted by Crippen LogP contribution is -2.48. The van der Waals surface area contributed by atoms with Gasteiger partial charge in [0, 0.05) is 20.2 Å². The molecule has 0 aromatic heterocycles. The average molecular weight is 283 g/mol. The molecule has 0 aromatic rings. The van der Waals surface area contributed by atoms with Gasteiger partial charge in [0.1, 0.15) is 0 Å². The highest BCUT2D eigenvalue weighted by Gasteiger charge is 2.41. The molecule has 1 heterocycles. The smallest absolute Gasteiger partial charge is 0.310 e. The third-order valence-corrected chi connectivity index (χ3v) is 4.57. The van der Waals surface area contributed by atoms with Crippen LogP contribution in [0, 0.1) is 5.92 Å². The van der Waals surface area contributed by atoms with E-state index in [1.807, 2.05) is 11.8 Å². The first-order chi connectivity index (χ1) is 9.60. The van der Waals surface area contributed by atoms with E-state index in [9.17, 15) is 9.59 Å². The Morgan fingerprint density at radius 3 is 2.60 bits per heavy atom. The number of likely N-dealkylation sites (tertiary alicyclic amines) is 1. The van der Waals surface area contributed by atoms with Crippen LogP contribution in [0.15, 0.2) is 0 Å². The number of hydrogen-bond acceptors (Lipinski definition) is 4. The molecule has 2 rings (SSSR count). The van der Waals surface area contributed by atoms with Crippen molar-refractivity contribution in [2.45, 2.75) is 51.0 Å². The summed E-state index contributed by atoms with van der Waals surface area (Å²) in [6, 6.07) is 0. The Kier molecular flexibility index (Phi) is 5.02. The van der Waals surface area contributed by atoms with Crippen LogP contribution in [0.3, 0.4) is 0 Å². The standard InChI is InChI=1S/C15H25NO4/c1-3-20-14(18)12-6-4-9-16(11-12)13(17)10-15(19-2)7-5-8-15/h12H,3-11H2,1-2H3. The van der Waals surface area contributed by atoms with E-state index in [2.05, 4.69) is 0 Å². The summed E-state index contributed by atoms with van der Waals surface area (Å²) in [7, 11) is 1.68. The van der Waals surface area contributed by atoms with Crippen LogP contribution < -0.4 is 0 Å². The Morgan fingerprint density at radius 2 is 2.05 bits per heavy atom. The van der Waals surface area contributed by atoms with Gasteiger partial charge in [-0.25, -0.2) is 0 Å². The normalized spacial score (nSPS) is 24.9. The molecule has 5 nitrogen and oxygen atoms in total. The maximum Gasteiger partial charge on any atom is 0.310 e. The van der Waals surface area contributed by atoms with E-state index in [4.69, 9.17) is 9.47 Å². The second-order valence-corrected chi connectivity index (χ2v) is 5.85. The first-order valence-electron chi connectivity index (χ1n) is 7.60. The highest BCUT2D eigenvalue weighted by molar-refractivity contribution is 5.79. The van der Waals surface area contributed by atoms with Gasteiger partial charge in [-0.05, 0) is 39.0 Å². The van der Waals surface area contributed by atoms with Gasteiger partial charge in [0.05, 0.1) is 24.5 Å². The Bertz CT molecular complexity index is 359. The molecule has 1 aliphatic carbocycles. The van der Waals surface area contributed by atoms with Crippen LogP contribution in [0.1, 0.15) is 45.4 Å². The minimum atomic E-state index is -0.242. The summed E-state index contributed by atoms with van der Waals surface area (Å²) >= 11 is 0. The number of piperidine rings is 1. The molecule has 1 amide bonds. The number of rotatable bonds is 5. The van der Waals surface area contributed by atoms with Crippen LogP contribution in [0.2, 0.25) is 0 Å². The van der Waals surface area contributed by atoms with Crippen molar-refractivity contribution in [1.82, 2.24) is 4.90 Å². The number of esters is 1. The number of methoxy groups -OCH3 is 1. The molecule has 2 fully saturated rings. The molecule has 0 N–H and O–H groups in total. The van der Waals surface area contributed by atoms with Crippen molar-refractivity contribution in [1.29, 1.82) is 0 Å². The molecule has 5 heteroatoms. The highest BCUT2D eigenvalue weighted by Crippen LogP contribution is 2.38. The van der Waals surface area contributed by atoms with Crippen molar-refractivity contribution in [2.75, 3.05) is 26.8 Å². The summed E-state index contributed by atoms with van der Waals surface area (Å²) in [6.07, 6.45) is 5.19. The van der Waals surface area contributed by atoms with Gasteiger partial charge in [-0.2, -0.15) is 0 Å². The van der Waals surface area contributed by atoms with E-state index in [0.29, 0.717) is 19.6 Å². The molecule has 20 heavy (non-hydrogen) atoms. The summed E-state index contributed by atoms with van der Waals surface area (Å²) in [5.74, 6) is -0.219. The first-order valence-corrected chi connectivity index (χ1v) is 7.60. The zero-order valence-electron chi connectivity index (χ0n) is 12.5. The lowest BCUT2D eigenvalue weighted by Gasteiger charge is -2.42. The quantitative estimate of drug-likeness (QED) is 0.721. The molecule has 2 aliphatic rings. The summed E-state index contributed by atoms with van der Waals surface area (Å²) in [5.41, 5.74) is -0.242. The summed E-state index contributed by atoms with van der Waals surface area (Å²) in [6.45, 7) is 3.45. The maximum absolute atomic E-state index is 12.4. The molecule has 0 aromatic carbocycles. The zero-order valence-corrected chi connectivity index (χ0v) is 12.5. The van der Waals surface area contributed by atoms with Crippen molar-refractivity contribution in [3.05, 3.63) is 0 Å². The molecule has 1 saturated carbocycles. The van der Waals surface area contributed by atoms with E-state index >= 15 is 0 Å². The summed E-state index contributed by atoms with van der Waals surface area (Å²) in [5, 5.41) is 0. The fourth-order valence-electron chi connectivity index (χ4n) is 3.07. The second kappa shape index (κ2) is 6.57. The Hall–Kier alpha value is -1.10. The average Bonchev–Trinajstić information content (AvgIpc) is 2.43. The Balaban J connectivity index is 1.88. The van der Waals surface area contributed by atoms with Crippen molar-refractivity contribution in [3.63, 3.8) is 0 Å². The van der Waals surface area contributed by atoms with Gasteiger partial charge >= 0.3 is 5.97 Å². The molecule has 1 aliphatic heterocycles. The van der Waals surface area contributed by atoms with Gasteiger partial charge in [0.15, 0.2) is 0 Å². The molecule has 0 bridgehead atoms. The Morgan fingerprint density at radius 1 is 1.30 bits per heavy atom. The summed E-state index contributed by atoms with van der Waals surface area (Å²) < 4.78 is 10.6. The molecular weight excluding hydrogens is 258 g/mol. The van der Waals surface area contributed by atoms with Crippen LogP contribution in [0.25, 0.3) is 0 Å². The van der Waals surface area contributed by atoms with E-state index in [0.717, 1.165) is 38.6 Å². The number of ether oxygens (including phenoxy) is 2. The molecule has 1 atom stereocenters. The van der Waals surface area contributed by atoms with Crippen LogP contribution in [-0.2, 0) is 19.1 Å². The van der Waals surface area contributed by atoms with E-state index in [1.54, 1.807) is 7.11 Å². The van der Waals surface area contributed by atoms with Crippen LogP contribution in [0.4, 0.5) is 0 Å². The topological polar surface area (TPSA) is 55.8 Å². The zero-order chi connectivity index (χ0) is 14.6. The minimum absolute atomic E-state index is 0.112. The van der Waals surface area contributed by atoms with Crippen LogP contribution in [0.5, 0.6) is 0 Å². The van der Waals surface area contributed by atoms with Gasteiger partial charge in [0.2, 0.25) is 5.91 Å². The van der Waals surface area contributed by atoms with E-state index in [-0.39, 0.29) is 23.4 Å². The predicted octanol–water partition coefficient (Wildman–Crippen LogP) is 1.75. The maximum atomic E-state index is 12.4. The summed E-state index contributed by atoms with van der Waals surface area (Å²) in [4.78, 5) is 26.0. The number of carbonyl (C=O) groups is 2. The second-order valence-electron chi connectivity index (χ2n) is 5.85. The van der Waals surface area contributed by atoms with Gasteiger partial charge in [-0.3, -0.25) is 9.59 Å². The van der Waals surface area contributed by atoms with Crippen molar-refractivity contribution in [3.8, 4) is 0 Å².